The molecule has 0 spiro atoms. The zero-order valence-corrected chi connectivity index (χ0v) is 18.2. The molecule has 1 saturated heterocycles. The van der Waals surface area contributed by atoms with Crippen molar-refractivity contribution in [1.29, 1.82) is 0 Å². The molecule has 0 bridgehead atoms. The lowest BCUT2D eigenvalue weighted by Crippen LogP contribution is -2.39. The Labute approximate surface area is 190 Å². The van der Waals surface area contributed by atoms with Crippen LogP contribution in [0.15, 0.2) is 60.8 Å². The maximum absolute atomic E-state index is 14.1. The minimum atomic E-state index is -0.499. The summed E-state index contributed by atoms with van der Waals surface area (Å²) in [4.78, 5) is 29.1. The van der Waals surface area contributed by atoms with E-state index < -0.39 is 6.10 Å². The Bertz CT molecular complexity index is 1090. The zero-order chi connectivity index (χ0) is 23.2. The molecule has 8 nitrogen and oxygen atoms in total. The van der Waals surface area contributed by atoms with Gasteiger partial charge in [0, 0.05) is 31.4 Å². The molecular formula is C24H25FN4O4. The van der Waals surface area contributed by atoms with Gasteiger partial charge in [0.1, 0.15) is 23.8 Å². The first-order valence-electron chi connectivity index (χ1n) is 10.6. The molecule has 1 N–H and O–H groups in total. The van der Waals surface area contributed by atoms with Crippen LogP contribution >= 0.6 is 0 Å². The van der Waals surface area contributed by atoms with Gasteiger partial charge < -0.3 is 19.3 Å². The van der Waals surface area contributed by atoms with Gasteiger partial charge in [-0.3, -0.25) is 14.7 Å². The number of amides is 2. The number of H-pyrrole nitrogens is 1. The van der Waals surface area contributed by atoms with Crippen molar-refractivity contribution in [3.05, 3.63) is 83.4 Å². The van der Waals surface area contributed by atoms with Gasteiger partial charge in [0.05, 0.1) is 19.8 Å². The Morgan fingerprint density at radius 1 is 1.15 bits per heavy atom. The summed E-state index contributed by atoms with van der Waals surface area (Å²) in [5.74, 6) is -0.173. The predicted molar refractivity (Wildman–Crippen MR) is 118 cm³/mol. The van der Waals surface area contributed by atoms with Crippen LogP contribution in [0.3, 0.4) is 0 Å². The number of nitrogens with zero attached hydrogens (tertiary/aromatic N) is 3. The number of methoxy groups -OCH3 is 1. The van der Waals surface area contributed by atoms with E-state index in [-0.39, 0.29) is 43.9 Å². The smallest absolute Gasteiger partial charge is 0.272 e. The van der Waals surface area contributed by atoms with E-state index >= 15 is 0 Å². The molecule has 1 atom stereocenters. The van der Waals surface area contributed by atoms with E-state index in [1.54, 1.807) is 36.3 Å². The summed E-state index contributed by atoms with van der Waals surface area (Å²) < 4.78 is 25.3. The lowest BCUT2D eigenvalue weighted by molar-refractivity contribution is -0.132. The molecule has 1 aliphatic rings. The molecule has 2 heterocycles. The summed E-state index contributed by atoms with van der Waals surface area (Å²) in [6.07, 6.45) is 0.982. The topological polar surface area (TPSA) is 87.8 Å². The van der Waals surface area contributed by atoms with E-state index in [0.717, 1.165) is 11.3 Å². The van der Waals surface area contributed by atoms with Gasteiger partial charge in [0.2, 0.25) is 5.91 Å². The largest absolute Gasteiger partial charge is 0.497 e. The second kappa shape index (κ2) is 10.3. The highest BCUT2D eigenvalue weighted by molar-refractivity contribution is 5.95. The number of aromatic nitrogens is 2. The highest BCUT2D eigenvalue weighted by Gasteiger charge is 2.32. The van der Waals surface area contributed by atoms with Crippen molar-refractivity contribution >= 4 is 11.8 Å². The van der Waals surface area contributed by atoms with E-state index in [9.17, 15) is 14.0 Å². The number of benzene rings is 2. The van der Waals surface area contributed by atoms with Crippen LogP contribution in [-0.4, -0.2) is 64.7 Å². The number of carbonyl (C=O) groups is 2. The lowest BCUT2D eigenvalue weighted by Gasteiger charge is -2.25. The van der Waals surface area contributed by atoms with Gasteiger partial charge in [-0.25, -0.2) is 4.39 Å². The number of rotatable bonds is 7. The molecule has 0 aliphatic carbocycles. The molecule has 2 aromatic carbocycles. The molecule has 0 saturated carbocycles. The number of ether oxygens (including phenoxy) is 2. The second-order valence-corrected chi connectivity index (χ2v) is 7.80. The van der Waals surface area contributed by atoms with Gasteiger partial charge in [0.15, 0.2) is 0 Å². The van der Waals surface area contributed by atoms with Crippen molar-refractivity contribution in [3.63, 3.8) is 0 Å². The van der Waals surface area contributed by atoms with Crippen LogP contribution in [0.2, 0.25) is 0 Å². The molecule has 2 amide bonds. The number of carbonyl (C=O) groups excluding carboxylic acids is 2. The van der Waals surface area contributed by atoms with Gasteiger partial charge in [-0.1, -0.05) is 30.3 Å². The maximum atomic E-state index is 14.1. The predicted octanol–water partition coefficient (Wildman–Crippen LogP) is 2.63. The van der Waals surface area contributed by atoms with Crippen LogP contribution in [0.4, 0.5) is 4.39 Å². The molecule has 3 aromatic rings. The average Bonchev–Trinajstić information content (AvgIpc) is 3.32. The van der Waals surface area contributed by atoms with Crippen molar-refractivity contribution in [3.8, 4) is 5.75 Å². The zero-order valence-electron chi connectivity index (χ0n) is 18.2. The van der Waals surface area contributed by atoms with Gasteiger partial charge in [-0.05, 0) is 29.8 Å². The van der Waals surface area contributed by atoms with Crippen LogP contribution in [0.25, 0.3) is 0 Å². The Kier molecular flexibility index (Phi) is 6.99. The molecule has 4 rings (SSSR count). The van der Waals surface area contributed by atoms with Crippen LogP contribution in [0, 0.1) is 5.82 Å². The summed E-state index contributed by atoms with van der Waals surface area (Å²) in [5.41, 5.74) is 1.63. The quantitative estimate of drug-likeness (QED) is 0.596. The Morgan fingerprint density at radius 3 is 2.64 bits per heavy atom. The van der Waals surface area contributed by atoms with Gasteiger partial charge >= 0.3 is 0 Å². The normalized spacial score (nSPS) is 16.5. The molecule has 9 heteroatoms. The molecule has 1 unspecified atom stereocenters. The monoisotopic (exact) mass is 452 g/mol. The standard InChI is InChI=1S/C24H25FN4O4/c1-32-19-8-6-17(7-9-19)12-28-13-20(33-16-18-4-2-3-5-21(18)25)14-29(15-23(28)30)24(31)22-10-11-26-27-22/h2-11,20H,12-16H2,1H3,(H,26,27). The molecule has 0 radical (unpaired) electrons. The Balaban J connectivity index is 1.52. The summed E-state index contributed by atoms with van der Waals surface area (Å²) in [5, 5.41) is 6.46. The number of hydrogen-bond acceptors (Lipinski definition) is 5. The lowest BCUT2D eigenvalue weighted by atomic mass is 10.2. The SMILES string of the molecule is COc1ccc(CN2CC(OCc3ccccc3F)CN(C(=O)c3ccn[nH]3)CC2=O)cc1. The Morgan fingerprint density at radius 2 is 1.94 bits per heavy atom. The van der Waals surface area contributed by atoms with E-state index in [4.69, 9.17) is 9.47 Å². The minimum Gasteiger partial charge on any atom is -0.497 e. The summed E-state index contributed by atoms with van der Waals surface area (Å²) in [7, 11) is 1.59. The Hall–Kier alpha value is -3.72. The van der Waals surface area contributed by atoms with E-state index in [0.29, 0.717) is 17.8 Å². The fourth-order valence-corrected chi connectivity index (χ4v) is 3.71. The highest BCUT2D eigenvalue weighted by Crippen LogP contribution is 2.18. The maximum Gasteiger partial charge on any atom is 0.272 e. The third-order valence-corrected chi connectivity index (χ3v) is 5.51. The highest BCUT2D eigenvalue weighted by atomic mass is 19.1. The summed E-state index contributed by atoms with van der Waals surface area (Å²) in [6, 6.07) is 15.4. The first-order valence-corrected chi connectivity index (χ1v) is 10.6. The van der Waals surface area contributed by atoms with Crippen LogP contribution in [0.1, 0.15) is 21.6 Å². The van der Waals surface area contributed by atoms with Crippen molar-refractivity contribution in [2.24, 2.45) is 0 Å². The third kappa shape index (κ3) is 5.56. The number of aromatic amines is 1. The van der Waals surface area contributed by atoms with Crippen LogP contribution < -0.4 is 4.74 Å². The first-order chi connectivity index (χ1) is 16.0. The number of hydrogen-bond donors (Lipinski definition) is 1. The fourth-order valence-electron chi connectivity index (χ4n) is 3.71. The fraction of sp³-hybridized carbons (Fsp3) is 0.292. The first kappa shape index (κ1) is 22.5. The van der Waals surface area contributed by atoms with Crippen LogP contribution in [-0.2, 0) is 22.7 Å². The van der Waals surface area contributed by atoms with Crippen molar-refractivity contribution in [2.75, 3.05) is 26.7 Å². The average molecular weight is 452 g/mol. The van der Waals surface area contributed by atoms with Gasteiger partial charge in [-0.2, -0.15) is 5.10 Å². The molecule has 1 aliphatic heterocycles. The second-order valence-electron chi connectivity index (χ2n) is 7.80. The molecular weight excluding hydrogens is 427 g/mol. The number of nitrogens with one attached hydrogen (secondary N) is 1. The van der Waals surface area contributed by atoms with Gasteiger partial charge in [-0.15, -0.1) is 0 Å². The summed E-state index contributed by atoms with van der Waals surface area (Å²) in [6.45, 7) is 0.763. The molecule has 1 aromatic heterocycles. The minimum absolute atomic E-state index is 0.0357. The number of halogens is 1. The van der Waals surface area contributed by atoms with Crippen LogP contribution in [0.5, 0.6) is 5.75 Å². The van der Waals surface area contributed by atoms with Crippen molar-refractivity contribution in [1.82, 2.24) is 20.0 Å². The van der Waals surface area contributed by atoms with E-state index in [2.05, 4.69) is 10.2 Å². The molecule has 172 valence electrons. The van der Waals surface area contributed by atoms with E-state index in [1.165, 1.54) is 17.2 Å². The molecule has 33 heavy (non-hydrogen) atoms. The summed E-state index contributed by atoms with van der Waals surface area (Å²) >= 11 is 0. The van der Waals surface area contributed by atoms with Crippen molar-refractivity contribution in [2.45, 2.75) is 19.3 Å². The van der Waals surface area contributed by atoms with Crippen molar-refractivity contribution < 1.29 is 23.5 Å². The molecule has 1 fully saturated rings. The van der Waals surface area contributed by atoms with Gasteiger partial charge in [0.25, 0.3) is 5.91 Å². The van der Waals surface area contributed by atoms with E-state index in [1.807, 2.05) is 24.3 Å². The third-order valence-electron chi connectivity index (χ3n) is 5.51.